The molecule has 316 valence electrons. The highest BCUT2D eigenvalue weighted by Crippen LogP contribution is 2.38. The molecule has 0 bridgehead atoms. The Kier molecular flexibility index (Phi) is 17.5. The van der Waals surface area contributed by atoms with Crippen molar-refractivity contribution < 1.29 is 33.4 Å². The summed E-state index contributed by atoms with van der Waals surface area (Å²) in [7, 11) is 4.91. The topological polar surface area (TPSA) is 160 Å². The minimum absolute atomic E-state index is 0.0209. The fraction of sp³-hybridized carbons (Fsp3) is 0.750. The van der Waals surface area contributed by atoms with Gasteiger partial charge in [0.1, 0.15) is 17.9 Å². The number of nitrogens with zero attached hydrogens (tertiary/aromatic N) is 2. The Balaban J connectivity index is 1.86. The highest BCUT2D eigenvalue weighted by molar-refractivity contribution is 5.89. The maximum Gasteiger partial charge on any atom is 0.329 e. The molecule has 56 heavy (non-hydrogen) atoms. The quantitative estimate of drug-likeness (QED) is 0.0788. The SMILES string of the molecule is CCCCCC(CC(=O)N1CCCC1C(OC)C(C)C(=O)NC(C(=O)OC)C1Cc2ccccc21)C(C(C)CC)N(C)CC(C=O)(NC(=O)C(C)(C)N)C(C)C. The van der Waals surface area contributed by atoms with Gasteiger partial charge in [-0.25, -0.2) is 4.79 Å². The lowest BCUT2D eigenvalue weighted by atomic mass is 9.73. The molecule has 0 radical (unpaired) electrons. The van der Waals surface area contributed by atoms with Crippen molar-refractivity contribution in [3.63, 3.8) is 0 Å². The minimum atomic E-state index is -1.18. The number of rotatable bonds is 23. The first-order chi connectivity index (χ1) is 26.4. The maximum atomic E-state index is 14.6. The molecular weight excluding hydrogens is 711 g/mol. The molecule has 1 aliphatic heterocycles. The summed E-state index contributed by atoms with van der Waals surface area (Å²) in [4.78, 5) is 71.6. The van der Waals surface area contributed by atoms with Gasteiger partial charge in [0.2, 0.25) is 17.7 Å². The molecule has 3 rings (SSSR count). The number of nitrogens with one attached hydrogen (secondary N) is 2. The number of fused-ring (bicyclic) bond motifs is 1. The third kappa shape index (κ3) is 11.2. The highest BCUT2D eigenvalue weighted by atomic mass is 16.5. The summed E-state index contributed by atoms with van der Waals surface area (Å²) in [5.41, 5.74) is 6.00. The van der Waals surface area contributed by atoms with E-state index in [9.17, 15) is 24.0 Å². The first-order valence-corrected chi connectivity index (χ1v) is 21.0. The molecule has 1 aromatic rings. The van der Waals surface area contributed by atoms with Crippen molar-refractivity contribution in [2.75, 3.05) is 34.4 Å². The van der Waals surface area contributed by atoms with Crippen LogP contribution in [0.1, 0.15) is 124 Å². The van der Waals surface area contributed by atoms with Crippen molar-refractivity contribution in [2.24, 2.45) is 29.4 Å². The average molecular weight is 784 g/mol. The van der Waals surface area contributed by atoms with Crippen LogP contribution in [0.15, 0.2) is 24.3 Å². The van der Waals surface area contributed by atoms with E-state index in [1.165, 1.54) is 7.11 Å². The van der Waals surface area contributed by atoms with Gasteiger partial charge in [0, 0.05) is 38.6 Å². The minimum Gasteiger partial charge on any atom is -0.467 e. The summed E-state index contributed by atoms with van der Waals surface area (Å²) in [6, 6.07) is 6.71. The molecule has 3 amide bonds. The summed E-state index contributed by atoms with van der Waals surface area (Å²) in [6.45, 7) is 16.2. The van der Waals surface area contributed by atoms with Crippen molar-refractivity contribution in [1.29, 1.82) is 0 Å². The number of nitrogens with two attached hydrogens (primary N) is 1. The predicted molar refractivity (Wildman–Crippen MR) is 220 cm³/mol. The molecule has 0 aromatic heterocycles. The zero-order chi connectivity index (χ0) is 42.0. The van der Waals surface area contributed by atoms with Crippen LogP contribution >= 0.6 is 0 Å². The van der Waals surface area contributed by atoms with Crippen LogP contribution in [0.25, 0.3) is 0 Å². The fourth-order valence-electron chi connectivity index (χ4n) is 8.97. The third-order valence-corrected chi connectivity index (χ3v) is 12.7. The van der Waals surface area contributed by atoms with Gasteiger partial charge in [0.05, 0.1) is 30.7 Å². The Morgan fingerprint density at radius 2 is 1.75 bits per heavy atom. The van der Waals surface area contributed by atoms with Gasteiger partial charge < -0.3 is 40.4 Å². The van der Waals surface area contributed by atoms with Crippen LogP contribution in [-0.2, 0) is 39.9 Å². The van der Waals surface area contributed by atoms with Crippen molar-refractivity contribution in [3.8, 4) is 0 Å². The number of esters is 1. The van der Waals surface area contributed by atoms with Gasteiger partial charge in [-0.2, -0.15) is 0 Å². The molecule has 1 fully saturated rings. The van der Waals surface area contributed by atoms with Crippen LogP contribution in [0, 0.1) is 23.7 Å². The van der Waals surface area contributed by atoms with E-state index >= 15 is 0 Å². The number of hydrogen-bond donors (Lipinski definition) is 3. The molecule has 1 heterocycles. The Morgan fingerprint density at radius 3 is 2.30 bits per heavy atom. The maximum absolute atomic E-state index is 14.6. The summed E-state index contributed by atoms with van der Waals surface area (Å²) in [6.07, 6.45) is 7.47. The largest absolute Gasteiger partial charge is 0.467 e. The van der Waals surface area contributed by atoms with Crippen LogP contribution in [-0.4, -0.2) is 109 Å². The van der Waals surface area contributed by atoms with Crippen molar-refractivity contribution >= 4 is 30.0 Å². The molecule has 4 N–H and O–H groups in total. The van der Waals surface area contributed by atoms with E-state index in [0.717, 1.165) is 55.9 Å². The second kappa shape index (κ2) is 20.9. The smallest absolute Gasteiger partial charge is 0.329 e. The lowest BCUT2D eigenvalue weighted by Crippen LogP contribution is -2.65. The molecule has 2 aliphatic rings. The molecule has 9 atom stereocenters. The normalized spacial score (nSPS) is 21.1. The number of hydrogen-bond acceptors (Lipinski definition) is 9. The van der Waals surface area contributed by atoms with Gasteiger partial charge in [0.25, 0.3) is 0 Å². The van der Waals surface area contributed by atoms with E-state index in [0.29, 0.717) is 25.8 Å². The molecule has 0 spiro atoms. The first-order valence-electron chi connectivity index (χ1n) is 21.0. The number of unbranched alkanes of at least 4 members (excludes halogenated alkanes) is 2. The summed E-state index contributed by atoms with van der Waals surface area (Å²) >= 11 is 0. The Bertz CT molecular complexity index is 1480. The van der Waals surface area contributed by atoms with Crippen molar-refractivity contribution in [2.45, 2.75) is 154 Å². The molecule has 1 aromatic carbocycles. The molecule has 12 heteroatoms. The van der Waals surface area contributed by atoms with Gasteiger partial charge in [0.15, 0.2) is 0 Å². The van der Waals surface area contributed by atoms with E-state index in [-0.39, 0.29) is 54.1 Å². The number of likely N-dealkylation sites (tertiary alicyclic amines) is 1. The number of amides is 3. The van der Waals surface area contributed by atoms with Crippen LogP contribution in [0.4, 0.5) is 0 Å². The van der Waals surface area contributed by atoms with E-state index in [4.69, 9.17) is 15.2 Å². The highest BCUT2D eigenvalue weighted by Gasteiger charge is 2.45. The van der Waals surface area contributed by atoms with Gasteiger partial charge in [-0.05, 0) is 75.5 Å². The third-order valence-electron chi connectivity index (χ3n) is 12.7. The number of benzene rings is 1. The van der Waals surface area contributed by atoms with Crippen molar-refractivity contribution in [1.82, 2.24) is 20.4 Å². The van der Waals surface area contributed by atoms with Crippen LogP contribution in [0.2, 0.25) is 0 Å². The Morgan fingerprint density at radius 1 is 1.07 bits per heavy atom. The van der Waals surface area contributed by atoms with Gasteiger partial charge in [-0.15, -0.1) is 0 Å². The Labute approximate surface area is 336 Å². The van der Waals surface area contributed by atoms with Gasteiger partial charge in [-0.3, -0.25) is 14.4 Å². The number of carbonyl (C=O) groups excluding carboxylic acids is 5. The molecule has 12 nitrogen and oxygen atoms in total. The van der Waals surface area contributed by atoms with Gasteiger partial charge in [-0.1, -0.05) is 91.5 Å². The number of carbonyl (C=O) groups is 5. The Hall–Kier alpha value is -3.35. The summed E-state index contributed by atoms with van der Waals surface area (Å²) in [5.74, 6) is -2.07. The van der Waals surface area contributed by atoms with E-state index in [1.807, 2.05) is 50.1 Å². The molecule has 1 saturated heterocycles. The molecule has 0 saturated carbocycles. The van der Waals surface area contributed by atoms with Crippen LogP contribution in [0.3, 0.4) is 0 Å². The zero-order valence-corrected chi connectivity index (χ0v) is 36.2. The zero-order valence-electron chi connectivity index (χ0n) is 36.2. The number of aldehydes is 1. The lowest BCUT2D eigenvalue weighted by Gasteiger charge is -2.45. The van der Waals surface area contributed by atoms with Crippen LogP contribution in [0.5, 0.6) is 0 Å². The van der Waals surface area contributed by atoms with E-state index in [1.54, 1.807) is 27.9 Å². The number of methoxy groups -OCH3 is 2. The number of ether oxygens (including phenoxy) is 2. The van der Waals surface area contributed by atoms with E-state index in [2.05, 4.69) is 36.3 Å². The second-order valence-electron chi connectivity index (χ2n) is 17.5. The van der Waals surface area contributed by atoms with Crippen LogP contribution < -0.4 is 16.4 Å². The first kappa shape index (κ1) is 47.0. The molecule has 9 unspecified atom stereocenters. The van der Waals surface area contributed by atoms with E-state index < -0.39 is 41.0 Å². The number of likely N-dealkylation sites (N-methyl/N-ethyl adjacent to an activating group) is 1. The lowest BCUT2D eigenvalue weighted by molar-refractivity contribution is -0.148. The average Bonchev–Trinajstić information content (AvgIpc) is 3.63. The molecular formula is C44H73N5O7. The summed E-state index contributed by atoms with van der Waals surface area (Å²) in [5, 5.41) is 5.99. The molecule has 1 aliphatic carbocycles. The summed E-state index contributed by atoms with van der Waals surface area (Å²) < 4.78 is 11.2. The predicted octanol–water partition coefficient (Wildman–Crippen LogP) is 5.01. The standard InChI is InChI=1S/C44H73N5O7/c1-12-14-15-20-32(38(29(5)13-2)48(9)26-44(27-50,28(3)4)47-42(54)43(7,8)45)25-36(51)49-23-18-22-35(49)39(55-10)30(6)40(52)46-37(41(53)56-11)34-24-31-19-16-17-21-33(31)34/h16-17,19,21,27-30,32,34-35,37-39H,12-15,18,20,22-26,45H2,1-11H3,(H,46,52)(H,47,54). The van der Waals surface area contributed by atoms with Gasteiger partial charge >= 0.3 is 5.97 Å². The fourth-order valence-corrected chi connectivity index (χ4v) is 8.97. The second-order valence-corrected chi connectivity index (χ2v) is 17.5. The van der Waals surface area contributed by atoms with Crippen molar-refractivity contribution in [3.05, 3.63) is 35.4 Å². The monoisotopic (exact) mass is 784 g/mol.